The summed E-state index contributed by atoms with van der Waals surface area (Å²) in [6.45, 7) is 4.40. The van der Waals surface area contributed by atoms with E-state index in [1.54, 1.807) is 0 Å². The molecule has 2 rings (SSSR count). The molecule has 1 unspecified atom stereocenters. The minimum Gasteiger partial charge on any atom is -0.492 e. The van der Waals surface area contributed by atoms with E-state index in [-0.39, 0.29) is 0 Å². The van der Waals surface area contributed by atoms with E-state index in [0.717, 1.165) is 23.4 Å². The molecule has 0 bridgehead atoms. The van der Waals surface area contributed by atoms with Gasteiger partial charge in [0.2, 0.25) is 0 Å². The standard InChI is InChI=1S/C13H18BrNO2/c1-10-7-16-8-12(15(10)2)9-17-13-5-3-11(14)4-6-13/h3-6,10,12H,7-9H2,1-2H3/t10-,12?/m0/s1. The van der Waals surface area contributed by atoms with E-state index in [4.69, 9.17) is 9.47 Å². The van der Waals surface area contributed by atoms with Gasteiger partial charge in [0.25, 0.3) is 0 Å². The van der Waals surface area contributed by atoms with Crippen LogP contribution in [0.2, 0.25) is 0 Å². The molecule has 0 spiro atoms. The Morgan fingerprint density at radius 1 is 1.35 bits per heavy atom. The Bertz CT molecular complexity index is 355. The van der Waals surface area contributed by atoms with Crippen LogP contribution in [0.4, 0.5) is 0 Å². The highest BCUT2D eigenvalue weighted by Gasteiger charge is 2.25. The first-order valence-corrected chi connectivity index (χ1v) is 6.64. The molecule has 2 atom stereocenters. The molecule has 0 aliphatic carbocycles. The summed E-state index contributed by atoms with van der Waals surface area (Å²) in [4.78, 5) is 2.32. The van der Waals surface area contributed by atoms with Gasteiger partial charge in [-0.2, -0.15) is 0 Å². The first kappa shape index (κ1) is 12.9. The van der Waals surface area contributed by atoms with Gasteiger partial charge in [0.15, 0.2) is 0 Å². The molecule has 4 heteroatoms. The fourth-order valence-corrected chi connectivity index (χ4v) is 2.12. The first-order valence-electron chi connectivity index (χ1n) is 5.85. The van der Waals surface area contributed by atoms with Crippen molar-refractivity contribution in [3.8, 4) is 5.75 Å². The lowest BCUT2D eigenvalue weighted by Crippen LogP contribution is -2.51. The summed E-state index contributed by atoms with van der Waals surface area (Å²) in [5.74, 6) is 0.903. The molecule has 17 heavy (non-hydrogen) atoms. The number of hydrogen-bond acceptors (Lipinski definition) is 3. The number of halogens is 1. The monoisotopic (exact) mass is 299 g/mol. The third-order valence-corrected chi connectivity index (χ3v) is 3.73. The molecule has 0 radical (unpaired) electrons. The van der Waals surface area contributed by atoms with E-state index in [1.807, 2.05) is 24.3 Å². The topological polar surface area (TPSA) is 21.7 Å². The van der Waals surface area contributed by atoms with Crippen LogP contribution in [0.1, 0.15) is 6.92 Å². The van der Waals surface area contributed by atoms with Crippen molar-refractivity contribution in [2.24, 2.45) is 0 Å². The number of rotatable bonds is 3. The zero-order chi connectivity index (χ0) is 12.3. The average Bonchev–Trinajstić information content (AvgIpc) is 2.33. The van der Waals surface area contributed by atoms with Gasteiger partial charge >= 0.3 is 0 Å². The molecule has 3 nitrogen and oxygen atoms in total. The highest BCUT2D eigenvalue weighted by molar-refractivity contribution is 9.10. The predicted molar refractivity (Wildman–Crippen MR) is 71.5 cm³/mol. The normalized spacial score (nSPS) is 25.8. The van der Waals surface area contributed by atoms with Crippen molar-refractivity contribution in [1.82, 2.24) is 4.90 Å². The maximum absolute atomic E-state index is 5.78. The molecular weight excluding hydrogens is 282 g/mol. The van der Waals surface area contributed by atoms with E-state index in [2.05, 4.69) is 34.8 Å². The molecule has 0 saturated carbocycles. The van der Waals surface area contributed by atoms with Gasteiger partial charge < -0.3 is 9.47 Å². The van der Waals surface area contributed by atoms with Gasteiger partial charge in [-0.05, 0) is 38.2 Å². The molecule has 1 saturated heterocycles. The summed E-state index contributed by atoms with van der Waals surface area (Å²) in [5, 5.41) is 0. The Morgan fingerprint density at radius 2 is 2.06 bits per heavy atom. The van der Waals surface area contributed by atoms with E-state index in [0.29, 0.717) is 18.7 Å². The summed E-state index contributed by atoms with van der Waals surface area (Å²) >= 11 is 3.41. The van der Waals surface area contributed by atoms with Crippen molar-refractivity contribution in [1.29, 1.82) is 0 Å². The zero-order valence-electron chi connectivity index (χ0n) is 10.2. The van der Waals surface area contributed by atoms with Gasteiger partial charge in [0, 0.05) is 10.5 Å². The Morgan fingerprint density at radius 3 is 2.76 bits per heavy atom. The maximum atomic E-state index is 5.78. The van der Waals surface area contributed by atoms with E-state index in [1.165, 1.54) is 0 Å². The van der Waals surface area contributed by atoms with Crippen LogP contribution in [-0.2, 0) is 4.74 Å². The molecule has 1 aliphatic heterocycles. The maximum Gasteiger partial charge on any atom is 0.119 e. The van der Waals surface area contributed by atoms with Crippen LogP contribution in [0.3, 0.4) is 0 Å². The number of morpholine rings is 1. The highest BCUT2D eigenvalue weighted by atomic mass is 79.9. The van der Waals surface area contributed by atoms with Gasteiger partial charge in [0.05, 0.1) is 19.3 Å². The Balaban J connectivity index is 1.87. The van der Waals surface area contributed by atoms with Crippen LogP contribution in [0, 0.1) is 0 Å². The smallest absolute Gasteiger partial charge is 0.119 e. The Labute approximate surface area is 111 Å². The van der Waals surface area contributed by atoms with E-state index >= 15 is 0 Å². The molecule has 1 aliphatic rings. The van der Waals surface area contributed by atoms with Crippen LogP contribution >= 0.6 is 15.9 Å². The predicted octanol–water partition coefficient (Wildman–Crippen LogP) is 2.55. The van der Waals surface area contributed by atoms with Crippen molar-refractivity contribution in [3.63, 3.8) is 0 Å². The second-order valence-electron chi connectivity index (χ2n) is 4.47. The van der Waals surface area contributed by atoms with Crippen LogP contribution < -0.4 is 4.74 Å². The number of nitrogens with zero attached hydrogens (tertiary/aromatic N) is 1. The summed E-state index contributed by atoms with van der Waals surface area (Å²) in [7, 11) is 2.13. The first-order chi connectivity index (χ1) is 8.16. The molecule has 94 valence electrons. The van der Waals surface area contributed by atoms with Gasteiger partial charge in [-0.25, -0.2) is 0 Å². The second kappa shape index (κ2) is 5.85. The number of hydrogen-bond donors (Lipinski definition) is 0. The molecule has 0 aromatic heterocycles. The third kappa shape index (κ3) is 3.44. The minimum absolute atomic E-state index is 0.336. The summed E-state index contributed by atoms with van der Waals surface area (Å²) in [6.07, 6.45) is 0. The lowest BCUT2D eigenvalue weighted by Gasteiger charge is -2.37. The van der Waals surface area contributed by atoms with E-state index < -0.39 is 0 Å². The van der Waals surface area contributed by atoms with Crippen molar-refractivity contribution in [2.45, 2.75) is 19.0 Å². The summed E-state index contributed by atoms with van der Waals surface area (Å²) in [5.41, 5.74) is 0. The Kier molecular flexibility index (Phi) is 4.42. The van der Waals surface area contributed by atoms with Crippen LogP contribution in [0.5, 0.6) is 5.75 Å². The SMILES string of the molecule is C[C@H]1COCC(COc2ccc(Br)cc2)N1C. The number of ether oxygens (including phenoxy) is 2. The summed E-state index contributed by atoms with van der Waals surface area (Å²) < 4.78 is 12.4. The highest BCUT2D eigenvalue weighted by Crippen LogP contribution is 2.17. The Hall–Kier alpha value is -0.580. The molecule has 1 aromatic rings. The largest absolute Gasteiger partial charge is 0.492 e. The van der Waals surface area contributed by atoms with Crippen molar-refractivity contribution >= 4 is 15.9 Å². The zero-order valence-corrected chi connectivity index (χ0v) is 11.8. The van der Waals surface area contributed by atoms with Crippen molar-refractivity contribution in [3.05, 3.63) is 28.7 Å². The van der Waals surface area contributed by atoms with Crippen LogP contribution in [-0.4, -0.2) is 43.9 Å². The third-order valence-electron chi connectivity index (χ3n) is 3.20. The van der Waals surface area contributed by atoms with Gasteiger partial charge in [-0.3, -0.25) is 4.90 Å². The summed E-state index contributed by atoms with van der Waals surface area (Å²) in [6, 6.07) is 8.71. The second-order valence-corrected chi connectivity index (χ2v) is 5.39. The van der Waals surface area contributed by atoms with Crippen LogP contribution in [0.25, 0.3) is 0 Å². The molecule has 1 heterocycles. The molecule has 0 N–H and O–H groups in total. The minimum atomic E-state index is 0.336. The quantitative estimate of drug-likeness (QED) is 0.856. The lowest BCUT2D eigenvalue weighted by atomic mass is 10.2. The fourth-order valence-electron chi connectivity index (χ4n) is 1.86. The fraction of sp³-hybridized carbons (Fsp3) is 0.538. The van der Waals surface area contributed by atoms with Gasteiger partial charge in [-0.15, -0.1) is 0 Å². The molecule has 1 aromatic carbocycles. The van der Waals surface area contributed by atoms with E-state index in [9.17, 15) is 0 Å². The average molecular weight is 300 g/mol. The molecule has 0 amide bonds. The molecular formula is C13H18BrNO2. The molecule has 1 fully saturated rings. The van der Waals surface area contributed by atoms with Gasteiger partial charge in [-0.1, -0.05) is 15.9 Å². The number of likely N-dealkylation sites (N-methyl/N-ethyl adjacent to an activating group) is 1. The van der Waals surface area contributed by atoms with Gasteiger partial charge in [0.1, 0.15) is 12.4 Å². The van der Waals surface area contributed by atoms with Crippen molar-refractivity contribution in [2.75, 3.05) is 26.9 Å². The van der Waals surface area contributed by atoms with Crippen molar-refractivity contribution < 1.29 is 9.47 Å². The number of benzene rings is 1. The lowest BCUT2D eigenvalue weighted by molar-refractivity contribution is -0.0431. The van der Waals surface area contributed by atoms with Crippen LogP contribution in [0.15, 0.2) is 28.7 Å².